The van der Waals surface area contributed by atoms with Crippen LogP contribution in [0.25, 0.3) is 0 Å². The zero-order valence-electron chi connectivity index (χ0n) is 15.1. The summed E-state index contributed by atoms with van der Waals surface area (Å²) in [5, 5.41) is 6.43. The van der Waals surface area contributed by atoms with Crippen LogP contribution in [0.4, 0.5) is 0 Å². The quantitative estimate of drug-likeness (QED) is 0.688. The van der Waals surface area contributed by atoms with Gasteiger partial charge in [-0.15, -0.1) is 12.4 Å². The molecule has 1 saturated heterocycles. The number of nitrogens with one attached hydrogen (secondary N) is 2. The molecular weight excluding hydrogens is 408 g/mol. The van der Waals surface area contributed by atoms with Crippen molar-refractivity contribution in [1.29, 1.82) is 0 Å². The maximum Gasteiger partial charge on any atom is 0.220 e. The van der Waals surface area contributed by atoms with Crippen LogP contribution in [-0.2, 0) is 11.3 Å². The Bertz CT molecular complexity index is 565. The van der Waals surface area contributed by atoms with E-state index in [1.54, 1.807) is 14.2 Å². The van der Waals surface area contributed by atoms with Gasteiger partial charge in [0.15, 0.2) is 11.5 Å². The molecule has 2 N–H and O–H groups in total. The van der Waals surface area contributed by atoms with Crippen molar-refractivity contribution < 1.29 is 14.3 Å². The minimum Gasteiger partial charge on any atom is -0.493 e. The maximum absolute atomic E-state index is 12.3. The molecule has 0 saturated carbocycles. The summed E-state index contributed by atoms with van der Waals surface area (Å²) in [5.41, 5.74) is 0.966. The molecular formula is C18H28BrClN2O3. The van der Waals surface area contributed by atoms with Crippen molar-refractivity contribution in [1.82, 2.24) is 10.6 Å². The average Bonchev–Trinajstić information content (AvgIpc) is 2.61. The Labute approximate surface area is 164 Å². The summed E-state index contributed by atoms with van der Waals surface area (Å²) in [7, 11) is 3.21. The maximum atomic E-state index is 12.3. The molecule has 1 aromatic rings. The number of ether oxygens (including phenoxy) is 2. The van der Waals surface area contributed by atoms with Gasteiger partial charge in [-0.05, 0) is 55.5 Å². The molecule has 0 spiro atoms. The molecule has 0 bridgehead atoms. The minimum absolute atomic E-state index is 0. The Morgan fingerprint density at radius 3 is 2.64 bits per heavy atom. The highest BCUT2D eigenvalue weighted by atomic mass is 79.9. The first-order valence-electron chi connectivity index (χ1n) is 8.43. The molecule has 0 aromatic heterocycles. The number of hydrogen-bond donors (Lipinski definition) is 2. The highest BCUT2D eigenvalue weighted by Gasteiger charge is 2.22. The third-order valence-electron chi connectivity index (χ3n) is 4.68. The van der Waals surface area contributed by atoms with Crippen molar-refractivity contribution in [2.24, 2.45) is 11.8 Å². The fraction of sp³-hybridized carbons (Fsp3) is 0.611. The minimum atomic E-state index is 0. The number of carbonyl (C=O) groups is 1. The predicted molar refractivity (Wildman–Crippen MR) is 106 cm³/mol. The number of rotatable bonds is 7. The van der Waals surface area contributed by atoms with Crippen LogP contribution in [-0.4, -0.2) is 33.2 Å². The molecule has 1 amide bonds. The van der Waals surface area contributed by atoms with Crippen LogP contribution in [0, 0.1) is 11.8 Å². The summed E-state index contributed by atoms with van der Waals surface area (Å²) in [6, 6.07) is 3.74. The van der Waals surface area contributed by atoms with Gasteiger partial charge in [0.2, 0.25) is 5.91 Å². The summed E-state index contributed by atoms with van der Waals surface area (Å²) >= 11 is 3.52. The van der Waals surface area contributed by atoms with Crippen molar-refractivity contribution in [3.63, 3.8) is 0 Å². The molecule has 2 atom stereocenters. The van der Waals surface area contributed by atoms with Crippen molar-refractivity contribution in [2.75, 3.05) is 27.3 Å². The van der Waals surface area contributed by atoms with Gasteiger partial charge in [0, 0.05) is 17.4 Å². The first-order valence-corrected chi connectivity index (χ1v) is 9.22. The van der Waals surface area contributed by atoms with E-state index in [9.17, 15) is 4.79 Å². The Balaban J connectivity index is 0.00000312. The molecule has 1 aliphatic rings. The molecule has 142 valence electrons. The van der Waals surface area contributed by atoms with Gasteiger partial charge >= 0.3 is 0 Å². The van der Waals surface area contributed by atoms with Gasteiger partial charge in [0.1, 0.15) is 0 Å². The third kappa shape index (κ3) is 6.35. The van der Waals surface area contributed by atoms with E-state index in [0.717, 1.165) is 23.1 Å². The number of hydrogen-bond acceptors (Lipinski definition) is 4. The van der Waals surface area contributed by atoms with Gasteiger partial charge in [-0.1, -0.05) is 22.9 Å². The van der Waals surface area contributed by atoms with Crippen molar-refractivity contribution in [3.8, 4) is 11.5 Å². The SMILES string of the molecule is COc1cc(Br)c(CNC(=O)CC(C)C2CCCNC2)cc1OC.Cl. The van der Waals surface area contributed by atoms with Crippen molar-refractivity contribution in [2.45, 2.75) is 32.7 Å². The van der Waals surface area contributed by atoms with E-state index < -0.39 is 0 Å². The number of methoxy groups -OCH3 is 2. The summed E-state index contributed by atoms with van der Waals surface area (Å²) in [4.78, 5) is 12.3. The van der Waals surface area contributed by atoms with Gasteiger partial charge in [0.05, 0.1) is 14.2 Å². The zero-order chi connectivity index (χ0) is 17.5. The molecule has 2 rings (SSSR count). The standard InChI is InChI=1S/C18H27BrN2O3.ClH/c1-12(13-5-4-6-20-10-13)7-18(22)21-11-14-8-16(23-2)17(24-3)9-15(14)19;/h8-9,12-13,20H,4-7,10-11H2,1-3H3,(H,21,22);1H. The van der Waals surface area contributed by atoms with E-state index in [2.05, 4.69) is 33.5 Å². The lowest BCUT2D eigenvalue weighted by Gasteiger charge is -2.28. The van der Waals surface area contributed by atoms with Crippen LogP contribution in [0.2, 0.25) is 0 Å². The van der Waals surface area contributed by atoms with Gasteiger partial charge < -0.3 is 20.1 Å². The average molecular weight is 436 g/mol. The van der Waals surface area contributed by atoms with Crippen LogP contribution in [0.1, 0.15) is 31.7 Å². The molecule has 1 fully saturated rings. The molecule has 5 nitrogen and oxygen atoms in total. The number of halogens is 2. The van der Waals surface area contributed by atoms with E-state index >= 15 is 0 Å². The van der Waals surface area contributed by atoms with E-state index in [0.29, 0.717) is 36.3 Å². The molecule has 25 heavy (non-hydrogen) atoms. The molecule has 7 heteroatoms. The van der Waals surface area contributed by atoms with Crippen LogP contribution >= 0.6 is 28.3 Å². The largest absolute Gasteiger partial charge is 0.493 e. The first-order chi connectivity index (χ1) is 11.5. The van der Waals surface area contributed by atoms with Crippen LogP contribution in [0.3, 0.4) is 0 Å². The smallest absolute Gasteiger partial charge is 0.220 e. The zero-order valence-corrected chi connectivity index (χ0v) is 17.5. The predicted octanol–water partition coefficient (Wildman–Crippen LogP) is 3.53. The van der Waals surface area contributed by atoms with Crippen molar-refractivity contribution in [3.05, 3.63) is 22.2 Å². The fourth-order valence-corrected chi connectivity index (χ4v) is 3.58. The Morgan fingerprint density at radius 2 is 2.04 bits per heavy atom. The highest BCUT2D eigenvalue weighted by molar-refractivity contribution is 9.10. The second kappa shape index (κ2) is 10.9. The molecule has 2 unspecified atom stereocenters. The molecule has 1 aliphatic heterocycles. The normalized spacial score (nSPS) is 18.0. The second-order valence-electron chi connectivity index (χ2n) is 6.36. The fourth-order valence-electron chi connectivity index (χ4n) is 3.12. The van der Waals surface area contributed by atoms with Gasteiger partial charge in [-0.3, -0.25) is 4.79 Å². The second-order valence-corrected chi connectivity index (χ2v) is 7.22. The van der Waals surface area contributed by atoms with E-state index in [-0.39, 0.29) is 18.3 Å². The van der Waals surface area contributed by atoms with Gasteiger partial charge in [-0.25, -0.2) is 0 Å². The molecule has 1 heterocycles. The lowest BCUT2D eigenvalue weighted by Crippen LogP contribution is -2.35. The number of amides is 1. The first kappa shape index (κ1) is 22.1. The Morgan fingerprint density at radius 1 is 1.36 bits per heavy atom. The highest BCUT2D eigenvalue weighted by Crippen LogP contribution is 2.33. The summed E-state index contributed by atoms with van der Waals surface area (Å²) in [5.74, 6) is 2.41. The number of piperidine rings is 1. The lowest BCUT2D eigenvalue weighted by molar-refractivity contribution is -0.122. The van der Waals surface area contributed by atoms with Gasteiger partial charge in [-0.2, -0.15) is 0 Å². The monoisotopic (exact) mass is 434 g/mol. The molecule has 0 radical (unpaired) electrons. The van der Waals surface area contributed by atoms with Crippen molar-refractivity contribution >= 4 is 34.2 Å². The molecule has 0 aliphatic carbocycles. The summed E-state index contributed by atoms with van der Waals surface area (Å²) < 4.78 is 11.5. The Kier molecular flexibility index (Phi) is 9.61. The van der Waals surface area contributed by atoms with Crippen LogP contribution in [0.15, 0.2) is 16.6 Å². The van der Waals surface area contributed by atoms with Crippen LogP contribution < -0.4 is 20.1 Å². The van der Waals surface area contributed by atoms with Crippen LogP contribution in [0.5, 0.6) is 11.5 Å². The summed E-state index contributed by atoms with van der Waals surface area (Å²) in [6.07, 6.45) is 2.98. The summed E-state index contributed by atoms with van der Waals surface area (Å²) in [6.45, 7) is 4.76. The van der Waals surface area contributed by atoms with E-state index in [1.165, 1.54) is 12.8 Å². The Hall–Kier alpha value is -0.980. The topological polar surface area (TPSA) is 59.6 Å². The van der Waals surface area contributed by atoms with Gasteiger partial charge in [0.25, 0.3) is 0 Å². The van der Waals surface area contributed by atoms with E-state index in [4.69, 9.17) is 9.47 Å². The van der Waals surface area contributed by atoms with E-state index in [1.807, 2.05) is 12.1 Å². The lowest BCUT2D eigenvalue weighted by atomic mass is 9.85. The molecule has 1 aromatic carbocycles. The number of carbonyl (C=O) groups excluding carboxylic acids is 1. The third-order valence-corrected chi connectivity index (χ3v) is 5.41. The number of benzene rings is 1.